The zero-order chi connectivity index (χ0) is 22.2. The quantitative estimate of drug-likeness (QED) is 0.338. The molecule has 2 nitrogen and oxygen atoms in total. The van der Waals surface area contributed by atoms with Crippen LogP contribution in [0.5, 0.6) is 0 Å². The Morgan fingerprint density at radius 2 is 0.800 bits per heavy atom. The predicted octanol–water partition coefficient (Wildman–Crippen LogP) is 9.73. The highest BCUT2D eigenvalue weighted by Crippen LogP contribution is 2.38. The molecule has 2 aromatic carbocycles. The van der Waals surface area contributed by atoms with Crippen molar-refractivity contribution in [1.29, 1.82) is 0 Å². The van der Waals surface area contributed by atoms with Crippen LogP contribution in [-0.4, -0.2) is 0 Å². The highest BCUT2D eigenvalue weighted by Gasteiger charge is 2.14. The second-order valence-electron chi connectivity index (χ2n) is 6.05. The fourth-order valence-corrected chi connectivity index (χ4v) is 2.73. The summed E-state index contributed by atoms with van der Waals surface area (Å²) in [6.07, 6.45) is 6.04. The lowest BCUT2D eigenvalue weighted by atomic mass is 9.93. The van der Waals surface area contributed by atoms with Gasteiger partial charge in [-0.1, -0.05) is 103 Å². The molecule has 2 heteroatoms. The SMILES string of the molecule is CC.CC.CCCC.c1coc(-c2ccccc2-c2ccccc2-c2ccco2)c1. The Morgan fingerprint density at radius 1 is 0.467 bits per heavy atom. The van der Waals surface area contributed by atoms with Gasteiger partial charge in [-0.2, -0.15) is 0 Å². The van der Waals surface area contributed by atoms with Crippen LogP contribution in [0.2, 0.25) is 0 Å². The molecule has 0 amide bonds. The van der Waals surface area contributed by atoms with Crippen molar-refractivity contribution >= 4 is 0 Å². The first kappa shape index (κ1) is 25.0. The van der Waals surface area contributed by atoms with E-state index in [-0.39, 0.29) is 0 Å². The van der Waals surface area contributed by atoms with Crippen LogP contribution in [0, 0.1) is 0 Å². The van der Waals surface area contributed by atoms with Crippen molar-refractivity contribution in [1.82, 2.24) is 0 Å². The van der Waals surface area contributed by atoms with E-state index in [0.717, 1.165) is 33.8 Å². The van der Waals surface area contributed by atoms with Crippen LogP contribution in [0.3, 0.4) is 0 Å². The van der Waals surface area contributed by atoms with Crippen LogP contribution in [-0.2, 0) is 0 Å². The minimum Gasteiger partial charge on any atom is -0.464 e. The maximum atomic E-state index is 5.59. The molecule has 0 aliphatic carbocycles. The van der Waals surface area contributed by atoms with E-state index in [9.17, 15) is 0 Å². The Kier molecular flexibility index (Phi) is 12.5. The van der Waals surface area contributed by atoms with E-state index in [2.05, 4.69) is 38.1 Å². The normalized spacial score (nSPS) is 9.27. The summed E-state index contributed by atoms with van der Waals surface area (Å²) in [4.78, 5) is 0. The second-order valence-corrected chi connectivity index (χ2v) is 6.05. The highest BCUT2D eigenvalue weighted by molar-refractivity contribution is 5.89. The van der Waals surface area contributed by atoms with Crippen molar-refractivity contribution in [3.05, 3.63) is 85.3 Å². The fraction of sp³-hybridized carbons (Fsp3) is 0.286. The number of benzene rings is 2. The minimum atomic E-state index is 0.866. The highest BCUT2D eigenvalue weighted by atomic mass is 16.3. The number of unbranched alkanes of at least 4 members (excludes halogenated alkanes) is 1. The van der Waals surface area contributed by atoms with Gasteiger partial charge in [0.25, 0.3) is 0 Å². The first-order valence-corrected chi connectivity index (χ1v) is 11.1. The lowest BCUT2D eigenvalue weighted by Crippen LogP contribution is -1.87. The van der Waals surface area contributed by atoms with Gasteiger partial charge in [-0.05, 0) is 35.4 Å². The molecule has 30 heavy (non-hydrogen) atoms. The molecule has 4 rings (SSSR count). The van der Waals surface area contributed by atoms with Gasteiger partial charge in [-0.3, -0.25) is 0 Å². The summed E-state index contributed by atoms with van der Waals surface area (Å²) in [7, 11) is 0. The average molecular weight is 405 g/mol. The molecule has 2 heterocycles. The zero-order valence-corrected chi connectivity index (χ0v) is 19.3. The molecule has 4 aromatic rings. The number of furan rings is 2. The Morgan fingerprint density at radius 3 is 1.07 bits per heavy atom. The number of hydrogen-bond donors (Lipinski definition) is 0. The maximum absolute atomic E-state index is 5.59. The van der Waals surface area contributed by atoms with Crippen LogP contribution in [0.15, 0.2) is 94.2 Å². The molecule has 0 atom stereocenters. The minimum absolute atomic E-state index is 0.866. The summed E-state index contributed by atoms with van der Waals surface area (Å²) < 4.78 is 11.2. The van der Waals surface area contributed by atoms with Crippen molar-refractivity contribution in [2.45, 2.75) is 54.4 Å². The Bertz CT molecular complexity index is 826. The van der Waals surface area contributed by atoms with Crippen molar-refractivity contribution < 1.29 is 8.83 Å². The third-order valence-electron chi connectivity index (χ3n) is 4.22. The van der Waals surface area contributed by atoms with Crippen LogP contribution in [0.25, 0.3) is 33.8 Å². The standard InChI is InChI=1S/C20H14O2.C4H10.2C2H6/c1-3-9-17(19-11-5-13-21-19)15(7-1)16-8-2-4-10-18(16)20-12-6-14-22-20;1-3-4-2;2*1-2/h1-14H;3-4H2,1-2H3;2*1-2H3. The second kappa shape index (κ2) is 14.9. The number of hydrogen-bond acceptors (Lipinski definition) is 2. The summed E-state index contributed by atoms with van der Waals surface area (Å²) in [5.41, 5.74) is 4.41. The van der Waals surface area contributed by atoms with Crippen LogP contribution in [0.4, 0.5) is 0 Å². The maximum Gasteiger partial charge on any atom is 0.134 e. The summed E-state index contributed by atoms with van der Waals surface area (Å²) in [6.45, 7) is 12.4. The third kappa shape index (κ3) is 6.81. The molecular formula is C28H36O2. The molecule has 0 N–H and O–H groups in total. The van der Waals surface area contributed by atoms with Gasteiger partial charge >= 0.3 is 0 Å². The van der Waals surface area contributed by atoms with Gasteiger partial charge in [0.2, 0.25) is 0 Å². The Labute approximate surface area is 182 Å². The molecule has 2 aromatic heterocycles. The van der Waals surface area contributed by atoms with E-state index >= 15 is 0 Å². The summed E-state index contributed by atoms with van der Waals surface area (Å²) in [5, 5.41) is 0. The van der Waals surface area contributed by atoms with Gasteiger partial charge in [0.05, 0.1) is 12.5 Å². The van der Waals surface area contributed by atoms with Gasteiger partial charge in [0.1, 0.15) is 11.5 Å². The molecule has 0 bridgehead atoms. The van der Waals surface area contributed by atoms with E-state index in [1.165, 1.54) is 12.8 Å². The lowest BCUT2D eigenvalue weighted by molar-refractivity contribution is 0.581. The molecule has 0 aliphatic heterocycles. The molecule has 0 aliphatic rings. The predicted molar refractivity (Wildman–Crippen MR) is 131 cm³/mol. The zero-order valence-electron chi connectivity index (χ0n) is 19.3. The van der Waals surface area contributed by atoms with Gasteiger partial charge in [0, 0.05) is 11.1 Å². The van der Waals surface area contributed by atoms with Crippen LogP contribution >= 0.6 is 0 Å². The van der Waals surface area contributed by atoms with Gasteiger partial charge < -0.3 is 8.83 Å². The van der Waals surface area contributed by atoms with Crippen LogP contribution in [0.1, 0.15) is 54.4 Å². The van der Waals surface area contributed by atoms with Crippen LogP contribution < -0.4 is 0 Å². The first-order valence-electron chi connectivity index (χ1n) is 11.1. The first-order chi connectivity index (χ1) is 14.8. The van der Waals surface area contributed by atoms with Gasteiger partial charge in [0.15, 0.2) is 0 Å². The molecule has 0 radical (unpaired) electrons. The van der Waals surface area contributed by atoms with E-state index in [1.54, 1.807) is 12.5 Å². The molecular weight excluding hydrogens is 368 g/mol. The van der Waals surface area contributed by atoms with E-state index in [1.807, 2.05) is 76.2 Å². The Hall–Kier alpha value is -3.00. The molecule has 160 valence electrons. The fourth-order valence-electron chi connectivity index (χ4n) is 2.73. The molecule has 0 saturated carbocycles. The summed E-state index contributed by atoms with van der Waals surface area (Å²) in [6, 6.07) is 24.3. The smallest absolute Gasteiger partial charge is 0.134 e. The molecule has 0 saturated heterocycles. The van der Waals surface area contributed by atoms with Gasteiger partial charge in [-0.25, -0.2) is 0 Å². The lowest BCUT2D eigenvalue weighted by Gasteiger charge is -2.11. The molecule has 0 spiro atoms. The van der Waals surface area contributed by atoms with Crippen molar-refractivity contribution in [2.75, 3.05) is 0 Å². The largest absolute Gasteiger partial charge is 0.464 e. The topological polar surface area (TPSA) is 26.3 Å². The Balaban J connectivity index is 0.000000497. The van der Waals surface area contributed by atoms with Crippen molar-refractivity contribution in [2.24, 2.45) is 0 Å². The summed E-state index contributed by atoms with van der Waals surface area (Å²) >= 11 is 0. The molecule has 0 fully saturated rings. The van der Waals surface area contributed by atoms with Crippen molar-refractivity contribution in [3.8, 4) is 33.8 Å². The van der Waals surface area contributed by atoms with E-state index in [0.29, 0.717) is 0 Å². The van der Waals surface area contributed by atoms with Crippen molar-refractivity contribution in [3.63, 3.8) is 0 Å². The molecule has 0 unspecified atom stereocenters. The number of rotatable bonds is 4. The monoisotopic (exact) mass is 404 g/mol. The average Bonchev–Trinajstić information content (AvgIpc) is 3.57. The third-order valence-corrected chi connectivity index (χ3v) is 4.22. The summed E-state index contributed by atoms with van der Waals surface area (Å²) in [5.74, 6) is 1.73. The van der Waals surface area contributed by atoms with Gasteiger partial charge in [-0.15, -0.1) is 0 Å². The van der Waals surface area contributed by atoms with E-state index < -0.39 is 0 Å². The van der Waals surface area contributed by atoms with E-state index in [4.69, 9.17) is 8.83 Å².